The third kappa shape index (κ3) is 9.34. The van der Waals surface area contributed by atoms with Gasteiger partial charge in [-0.2, -0.15) is 0 Å². The van der Waals surface area contributed by atoms with Crippen molar-refractivity contribution in [2.45, 2.75) is 33.8 Å². The van der Waals surface area contributed by atoms with Gasteiger partial charge < -0.3 is 19.5 Å². The van der Waals surface area contributed by atoms with Gasteiger partial charge in [0.25, 0.3) is 5.91 Å². The van der Waals surface area contributed by atoms with Crippen molar-refractivity contribution >= 4 is 35.6 Å². The Kier molecular flexibility index (Phi) is 10.0. The van der Waals surface area contributed by atoms with E-state index in [0.717, 1.165) is 6.08 Å². The minimum absolute atomic E-state index is 0.0867. The van der Waals surface area contributed by atoms with Gasteiger partial charge in [0.15, 0.2) is 18.1 Å². The first-order chi connectivity index (χ1) is 13.6. The van der Waals surface area contributed by atoms with Gasteiger partial charge in [0.2, 0.25) is 0 Å². The molecule has 2 N–H and O–H groups in total. The van der Waals surface area contributed by atoms with Crippen LogP contribution in [-0.4, -0.2) is 44.3 Å². The molecule has 0 aromatic heterocycles. The predicted molar refractivity (Wildman–Crippen MR) is 110 cm³/mol. The van der Waals surface area contributed by atoms with Crippen molar-refractivity contribution in [3.05, 3.63) is 28.8 Å². The molecule has 9 heteroatoms. The highest BCUT2D eigenvalue weighted by Crippen LogP contribution is 2.37. The largest absolute Gasteiger partial charge is 0.493 e. The number of methoxy groups -OCH3 is 1. The molecule has 0 saturated carbocycles. The highest BCUT2D eigenvalue weighted by Gasteiger charge is 2.13. The zero-order valence-electron chi connectivity index (χ0n) is 17.2. The summed E-state index contributed by atoms with van der Waals surface area (Å²) in [6.45, 7) is 7.42. The molecule has 0 aliphatic heterocycles. The Morgan fingerprint density at radius 1 is 1.17 bits per heavy atom. The number of imide groups is 1. The first-order valence-corrected chi connectivity index (χ1v) is 9.46. The number of ether oxygens (including phenoxy) is 3. The van der Waals surface area contributed by atoms with E-state index in [4.69, 9.17) is 25.8 Å². The summed E-state index contributed by atoms with van der Waals surface area (Å²) in [7, 11) is 1.48. The number of hydrogen-bond acceptors (Lipinski definition) is 6. The molecule has 0 aliphatic rings. The van der Waals surface area contributed by atoms with Crippen LogP contribution in [0.25, 0.3) is 6.08 Å². The van der Waals surface area contributed by atoms with E-state index >= 15 is 0 Å². The summed E-state index contributed by atoms with van der Waals surface area (Å²) >= 11 is 6.22. The number of hydrogen-bond donors (Lipinski definition) is 2. The average molecular weight is 427 g/mol. The van der Waals surface area contributed by atoms with E-state index in [1.807, 2.05) is 27.7 Å². The van der Waals surface area contributed by atoms with Gasteiger partial charge in [-0.1, -0.05) is 25.4 Å². The van der Waals surface area contributed by atoms with Crippen LogP contribution in [0, 0.1) is 5.92 Å². The topological polar surface area (TPSA) is 103 Å². The Hall–Kier alpha value is -2.74. The fourth-order valence-electron chi connectivity index (χ4n) is 2.04. The van der Waals surface area contributed by atoms with Crippen LogP contribution < -0.4 is 20.1 Å². The summed E-state index contributed by atoms with van der Waals surface area (Å²) in [5, 5.41) is 4.92. The molecule has 0 saturated heterocycles. The monoisotopic (exact) mass is 426 g/mol. The maximum absolute atomic E-state index is 11.8. The molecule has 1 rings (SSSR count). The summed E-state index contributed by atoms with van der Waals surface area (Å²) in [6, 6.07) is 2.62. The molecule has 160 valence electrons. The SMILES string of the molecule is COc1cc(/C=C/C(=O)OCC(=O)NC(=O)NCC(C)C)cc(Cl)c1OC(C)C. The van der Waals surface area contributed by atoms with Gasteiger partial charge in [-0.05, 0) is 43.5 Å². The first-order valence-electron chi connectivity index (χ1n) is 9.09. The van der Waals surface area contributed by atoms with E-state index in [0.29, 0.717) is 28.6 Å². The van der Waals surface area contributed by atoms with Gasteiger partial charge in [0, 0.05) is 12.6 Å². The maximum atomic E-state index is 11.8. The van der Waals surface area contributed by atoms with Gasteiger partial charge in [0.05, 0.1) is 18.2 Å². The van der Waals surface area contributed by atoms with Crippen LogP contribution in [0.2, 0.25) is 5.02 Å². The van der Waals surface area contributed by atoms with Crippen LogP contribution in [0.4, 0.5) is 4.79 Å². The van der Waals surface area contributed by atoms with E-state index in [1.165, 1.54) is 13.2 Å². The molecule has 8 nitrogen and oxygen atoms in total. The number of urea groups is 1. The highest BCUT2D eigenvalue weighted by molar-refractivity contribution is 6.32. The van der Waals surface area contributed by atoms with Crippen LogP contribution in [0.1, 0.15) is 33.3 Å². The number of rotatable bonds is 9. The van der Waals surface area contributed by atoms with E-state index < -0.39 is 24.5 Å². The Labute approximate surface area is 175 Å². The molecule has 0 fully saturated rings. The normalized spacial score (nSPS) is 10.9. The molecular weight excluding hydrogens is 400 g/mol. The van der Waals surface area contributed by atoms with Crippen molar-refractivity contribution in [2.24, 2.45) is 5.92 Å². The van der Waals surface area contributed by atoms with Crippen LogP contribution in [-0.2, 0) is 14.3 Å². The second-order valence-corrected chi connectivity index (χ2v) is 7.20. The summed E-state index contributed by atoms with van der Waals surface area (Å²) in [5.74, 6) is -0.396. The number of benzene rings is 1. The Morgan fingerprint density at radius 2 is 1.86 bits per heavy atom. The summed E-state index contributed by atoms with van der Waals surface area (Å²) in [6.07, 6.45) is 2.51. The van der Waals surface area contributed by atoms with Crippen molar-refractivity contribution in [1.29, 1.82) is 0 Å². The van der Waals surface area contributed by atoms with Crippen molar-refractivity contribution < 1.29 is 28.6 Å². The molecule has 1 aromatic rings. The molecule has 0 atom stereocenters. The van der Waals surface area contributed by atoms with Crippen molar-refractivity contribution in [1.82, 2.24) is 10.6 Å². The summed E-state index contributed by atoms with van der Waals surface area (Å²) in [5.41, 5.74) is 0.581. The molecule has 0 bridgehead atoms. The number of esters is 1. The molecule has 3 amide bonds. The van der Waals surface area contributed by atoms with Crippen molar-refractivity contribution in [2.75, 3.05) is 20.3 Å². The van der Waals surface area contributed by atoms with Gasteiger partial charge in [0.1, 0.15) is 0 Å². The molecule has 1 aromatic carbocycles. The quantitative estimate of drug-likeness (QED) is 0.464. The smallest absolute Gasteiger partial charge is 0.331 e. The summed E-state index contributed by atoms with van der Waals surface area (Å²) in [4.78, 5) is 34.9. The average Bonchev–Trinajstić information content (AvgIpc) is 2.64. The lowest BCUT2D eigenvalue weighted by Gasteiger charge is -2.15. The maximum Gasteiger partial charge on any atom is 0.331 e. The second kappa shape index (κ2) is 12.0. The van der Waals surface area contributed by atoms with Crippen LogP contribution in [0.5, 0.6) is 11.5 Å². The lowest BCUT2D eigenvalue weighted by Crippen LogP contribution is -2.42. The van der Waals surface area contributed by atoms with E-state index in [2.05, 4.69) is 10.6 Å². The minimum atomic E-state index is -0.750. The predicted octanol–water partition coefficient (Wildman–Crippen LogP) is 3.17. The zero-order chi connectivity index (χ0) is 22.0. The van der Waals surface area contributed by atoms with Gasteiger partial charge in [-0.25, -0.2) is 9.59 Å². The Balaban J connectivity index is 2.60. The van der Waals surface area contributed by atoms with E-state index in [1.54, 1.807) is 12.1 Å². The minimum Gasteiger partial charge on any atom is -0.493 e. The number of carbonyl (C=O) groups excluding carboxylic acids is 3. The van der Waals surface area contributed by atoms with Gasteiger partial charge in [-0.3, -0.25) is 10.1 Å². The Morgan fingerprint density at radius 3 is 2.45 bits per heavy atom. The number of nitrogens with one attached hydrogen (secondary N) is 2. The fraction of sp³-hybridized carbons (Fsp3) is 0.450. The van der Waals surface area contributed by atoms with Gasteiger partial charge >= 0.3 is 12.0 Å². The zero-order valence-corrected chi connectivity index (χ0v) is 18.0. The molecule has 0 spiro atoms. The second-order valence-electron chi connectivity index (χ2n) is 6.79. The standard InChI is InChI=1S/C20H27ClN2O6/c1-12(2)10-22-20(26)23-17(24)11-28-18(25)7-6-14-8-15(21)19(29-13(3)4)16(9-14)27-5/h6-9,12-13H,10-11H2,1-5H3,(H2,22,23,24,26)/b7-6+. The van der Waals surface area contributed by atoms with Crippen molar-refractivity contribution in [3.63, 3.8) is 0 Å². The number of amides is 3. The lowest BCUT2D eigenvalue weighted by molar-refractivity contribution is -0.143. The highest BCUT2D eigenvalue weighted by atomic mass is 35.5. The molecule has 0 unspecified atom stereocenters. The van der Waals surface area contributed by atoms with Crippen LogP contribution in [0.3, 0.4) is 0 Å². The third-order valence-corrected chi connectivity index (χ3v) is 3.57. The van der Waals surface area contributed by atoms with Gasteiger partial charge in [-0.15, -0.1) is 0 Å². The Bertz CT molecular complexity index is 762. The first kappa shape index (κ1) is 24.3. The van der Waals surface area contributed by atoms with Crippen molar-refractivity contribution in [3.8, 4) is 11.5 Å². The molecule has 0 radical (unpaired) electrons. The fourth-order valence-corrected chi connectivity index (χ4v) is 2.30. The van der Waals surface area contributed by atoms with Crippen LogP contribution in [0.15, 0.2) is 18.2 Å². The lowest BCUT2D eigenvalue weighted by atomic mass is 10.2. The summed E-state index contributed by atoms with van der Waals surface area (Å²) < 4.78 is 15.7. The number of halogens is 1. The van der Waals surface area contributed by atoms with Crippen LogP contribution >= 0.6 is 11.6 Å². The molecule has 0 heterocycles. The molecule has 0 aliphatic carbocycles. The van der Waals surface area contributed by atoms with E-state index in [-0.39, 0.29) is 12.0 Å². The number of carbonyl (C=O) groups is 3. The molecule has 29 heavy (non-hydrogen) atoms. The third-order valence-electron chi connectivity index (χ3n) is 3.29. The van der Waals surface area contributed by atoms with E-state index in [9.17, 15) is 14.4 Å². The molecular formula is C20H27ClN2O6.